The molecular weight excluding hydrogens is 154 g/mol. The van der Waals surface area contributed by atoms with Crippen molar-refractivity contribution in [2.24, 2.45) is 0 Å². The van der Waals surface area contributed by atoms with Gasteiger partial charge in [0.05, 0.1) is 13.2 Å². The maximum atomic E-state index is 8.77. The largest absolute Gasteiger partial charge is 0.394 e. The fraction of sp³-hybridized carbons (Fsp3) is 1.00. The molecule has 0 saturated heterocycles. The lowest BCUT2D eigenvalue weighted by molar-refractivity contribution is -0.0900. The number of hydrogen-bond donors (Lipinski definition) is 6. The van der Waals surface area contributed by atoms with Crippen LogP contribution in [0.3, 0.4) is 0 Å². The monoisotopic (exact) mass is 169 g/mol. The molecule has 0 rings (SSSR count). The summed E-state index contributed by atoms with van der Waals surface area (Å²) >= 11 is 0. The first-order valence-electron chi connectivity index (χ1n) is 2.89. The van der Waals surface area contributed by atoms with Crippen LogP contribution in [0, 0.1) is 0 Å². The third kappa shape index (κ3) is 4.25. The standard InChI is InChI=1S/C5H12O5.H3N/c6-1-3(8)5(10)4(9)2-7;/h3-10H,1-2H2;1H3. The highest BCUT2D eigenvalue weighted by molar-refractivity contribution is 4.73. The van der Waals surface area contributed by atoms with Gasteiger partial charge in [0.2, 0.25) is 0 Å². The minimum Gasteiger partial charge on any atom is -0.394 e. The van der Waals surface area contributed by atoms with Crippen LogP contribution in [0.1, 0.15) is 0 Å². The molecule has 6 nitrogen and oxygen atoms in total. The molecule has 0 aromatic heterocycles. The van der Waals surface area contributed by atoms with E-state index in [9.17, 15) is 0 Å². The van der Waals surface area contributed by atoms with Crippen LogP contribution in [0.25, 0.3) is 0 Å². The maximum Gasteiger partial charge on any atom is 0.110 e. The van der Waals surface area contributed by atoms with Crippen molar-refractivity contribution in [3.05, 3.63) is 0 Å². The van der Waals surface area contributed by atoms with Gasteiger partial charge in [0.1, 0.15) is 18.3 Å². The number of rotatable bonds is 4. The Bertz CT molecular complexity index is 80.9. The fourth-order valence-electron chi connectivity index (χ4n) is 0.472. The van der Waals surface area contributed by atoms with E-state index in [2.05, 4.69) is 0 Å². The van der Waals surface area contributed by atoms with Crippen LogP contribution < -0.4 is 6.15 Å². The Morgan fingerprint density at radius 2 is 1.09 bits per heavy atom. The number of hydrogen-bond acceptors (Lipinski definition) is 6. The van der Waals surface area contributed by atoms with Gasteiger partial charge >= 0.3 is 0 Å². The highest BCUT2D eigenvalue weighted by atomic mass is 16.4. The summed E-state index contributed by atoms with van der Waals surface area (Å²) in [6, 6.07) is 0. The van der Waals surface area contributed by atoms with Crippen molar-refractivity contribution in [3.8, 4) is 0 Å². The van der Waals surface area contributed by atoms with E-state index in [4.69, 9.17) is 25.5 Å². The molecule has 70 valence electrons. The van der Waals surface area contributed by atoms with Crippen LogP contribution in [0.4, 0.5) is 0 Å². The maximum absolute atomic E-state index is 8.77. The lowest BCUT2D eigenvalue weighted by Gasteiger charge is -2.19. The van der Waals surface area contributed by atoms with Crippen molar-refractivity contribution in [3.63, 3.8) is 0 Å². The molecule has 2 atom stereocenters. The van der Waals surface area contributed by atoms with Gasteiger partial charge < -0.3 is 31.7 Å². The second-order valence-electron chi connectivity index (χ2n) is 1.99. The third-order valence-electron chi connectivity index (χ3n) is 1.16. The Kier molecular flexibility index (Phi) is 7.85. The predicted octanol–water partition coefficient (Wildman–Crippen LogP) is -2.78. The Morgan fingerprint density at radius 1 is 0.818 bits per heavy atom. The van der Waals surface area contributed by atoms with E-state index in [1.165, 1.54) is 0 Å². The second kappa shape index (κ2) is 6.47. The quantitative estimate of drug-likeness (QED) is 0.269. The molecule has 0 aliphatic carbocycles. The summed E-state index contributed by atoms with van der Waals surface area (Å²) in [6.07, 6.45) is -4.29. The molecule has 11 heavy (non-hydrogen) atoms. The number of aliphatic hydroxyl groups excluding tert-OH is 5. The molecule has 0 saturated carbocycles. The lowest BCUT2D eigenvalue weighted by atomic mass is 10.1. The molecule has 0 aromatic carbocycles. The third-order valence-corrected chi connectivity index (χ3v) is 1.16. The van der Waals surface area contributed by atoms with E-state index in [0.29, 0.717) is 0 Å². The van der Waals surface area contributed by atoms with Gasteiger partial charge in [0, 0.05) is 0 Å². The van der Waals surface area contributed by atoms with Gasteiger partial charge in [-0.25, -0.2) is 0 Å². The minimum atomic E-state index is -1.49. The molecule has 0 spiro atoms. The van der Waals surface area contributed by atoms with Gasteiger partial charge in [-0.2, -0.15) is 0 Å². The van der Waals surface area contributed by atoms with Gasteiger partial charge in [-0.15, -0.1) is 0 Å². The summed E-state index contributed by atoms with van der Waals surface area (Å²) in [6.45, 7) is -1.28. The lowest BCUT2D eigenvalue weighted by Crippen LogP contribution is -2.41. The molecule has 0 aliphatic heterocycles. The molecule has 8 N–H and O–H groups in total. The first-order valence-corrected chi connectivity index (χ1v) is 2.89. The van der Waals surface area contributed by atoms with Crippen molar-refractivity contribution < 1.29 is 25.5 Å². The number of aliphatic hydroxyl groups is 5. The zero-order valence-corrected chi connectivity index (χ0v) is 6.09. The molecule has 2 unspecified atom stereocenters. The Labute approximate surface area is 64.3 Å². The van der Waals surface area contributed by atoms with Crippen molar-refractivity contribution in [1.82, 2.24) is 6.15 Å². The van der Waals surface area contributed by atoms with Crippen molar-refractivity contribution in [2.75, 3.05) is 13.2 Å². The molecule has 6 heteroatoms. The first kappa shape index (κ1) is 13.4. The summed E-state index contributed by atoms with van der Waals surface area (Å²) in [7, 11) is 0. The van der Waals surface area contributed by atoms with E-state index in [-0.39, 0.29) is 6.15 Å². The van der Waals surface area contributed by atoms with E-state index in [0.717, 1.165) is 0 Å². The summed E-state index contributed by atoms with van der Waals surface area (Å²) in [4.78, 5) is 0. The molecule has 0 fully saturated rings. The Hall–Kier alpha value is -0.240. The summed E-state index contributed by atoms with van der Waals surface area (Å²) in [5.41, 5.74) is 0. The topological polar surface area (TPSA) is 136 Å². The molecular formula is C5H15NO5. The zero-order valence-electron chi connectivity index (χ0n) is 6.09. The predicted molar refractivity (Wildman–Crippen MR) is 37.2 cm³/mol. The van der Waals surface area contributed by atoms with Gasteiger partial charge in [0.25, 0.3) is 0 Å². The van der Waals surface area contributed by atoms with E-state index in [1.54, 1.807) is 0 Å². The molecule has 0 aromatic rings. The van der Waals surface area contributed by atoms with Gasteiger partial charge in [-0.3, -0.25) is 0 Å². The van der Waals surface area contributed by atoms with E-state index in [1.807, 2.05) is 0 Å². The summed E-state index contributed by atoms with van der Waals surface area (Å²) < 4.78 is 0. The van der Waals surface area contributed by atoms with Crippen LogP contribution in [-0.2, 0) is 0 Å². The van der Waals surface area contributed by atoms with Crippen molar-refractivity contribution in [2.45, 2.75) is 18.3 Å². The zero-order chi connectivity index (χ0) is 8.15. The first-order chi connectivity index (χ1) is 4.63. The molecule has 0 radical (unpaired) electrons. The molecule has 0 aliphatic rings. The minimum absolute atomic E-state index is 0. The van der Waals surface area contributed by atoms with Gasteiger partial charge in [-0.1, -0.05) is 0 Å². The van der Waals surface area contributed by atoms with E-state index >= 15 is 0 Å². The van der Waals surface area contributed by atoms with Crippen molar-refractivity contribution in [1.29, 1.82) is 0 Å². The summed E-state index contributed by atoms with van der Waals surface area (Å²) in [5, 5.41) is 42.6. The van der Waals surface area contributed by atoms with Crippen LogP contribution in [0.15, 0.2) is 0 Å². The highest BCUT2D eigenvalue weighted by Crippen LogP contribution is 1.97. The van der Waals surface area contributed by atoms with Gasteiger partial charge in [0.15, 0.2) is 0 Å². The van der Waals surface area contributed by atoms with Crippen LogP contribution in [0.2, 0.25) is 0 Å². The highest BCUT2D eigenvalue weighted by Gasteiger charge is 2.22. The Morgan fingerprint density at radius 3 is 1.27 bits per heavy atom. The smallest absolute Gasteiger partial charge is 0.110 e. The average molecular weight is 169 g/mol. The normalized spacial score (nSPS) is 18.3. The second-order valence-corrected chi connectivity index (χ2v) is 1.99. The van der Waals surface area contributed by atoms with Crippen molar-refractivity contribution >= 4 is 0 Å². The molecule has 0 bridgehead atoms. The van der Waals surface area contributed by atoms with E-state index < -0.39 is 31.5 Å². The van der Waals surface area contributed by atoms with Crippen LogP contribution in [-0.4, -0.2) is 57.1 Å². The molecule has 0 amide bonds. The SMILES string of the molecule is N.OCC(O)C(O)C(O)CO. The fourth-order valence-corrected chi connectivity index (χ4v) is 0.472. The Balaban J connectivity index is 0. The molecule has 0 heterocycles. The van der Waals surface area contributed by atoms with Gasteiger partial charge in [-0.05, 0) is 0 Å². The summed E-state index contributed by atoms with van der Waals surface area (Å²) in [5.74, 6) is 0. The van der Waals surface area contributed by atoms with Crippen LogP contribution >= 0.6 is 0 Å². The van der Waals surface area contributed by atoms with Crippen LogP contribution in [0.5, 0.6) is 0 Å². The average Bonchev–Trinajstić information content (AvgIpc) is 2.00.